The van der Waals surface area contributed by atoms with Crippen molar-refractivity contribution in [2.75, 3.05) is 19.7 Å². The molecule has 0 amide bonds. The van der Waals surface area contributed by atoms with E-state index in [1.807, 2.05) is 12.1 Å². The lowest BCUT2D eigenvalue weighted by Gasteiger charge is -2.33. The smallest absolute Gasteiger partial charge is 0.371 e. The van der Waals surface area contributed by atoms with Crippen LogP contribution >= 0.6 is 0 Å². The summed E-state index contributed by atoms with van der Waals surface area (Å²) >= 11 is 0. The maximum atomic E-state index is 12.6. The van der Waals surface area contributed by atoms with Crippen LogP contribution in [0.25, 0.3) is 0 Å². The summed E-state index contributed by atoms with van der Waals surface area (Å²) in [6.45, 7) is 2.81. The summed E-state index contributed by atoms with van der Waals surface area (Å²) < 4.78 is 43.6. The second-order valence-corrected chi connectivity index (χ2v) is 5.57. The SMILES string of the molecule is FC(F)(F)c1ccc(C2CN(Cc3ccncc3)CCO2)cc1. The van der Waals surface area contributed by atoms with E-state index < -0.39 is 11.7 Å². The van der Waals surface area contributed by atoms with E-state index in [9.17, 15) is 13.2 Å². The molecule has 1 aromatic carbocycles. The molecule has 3 nitrogen and oxygen atoms in total. The van der Waals surface area contributed by atoms with Crippen molar-refractivity contribution in [3.63, 3.8) is 0 Å². The van der Waals surface area contributed by atoms with Crippen LogP contribution in [0.2, 0.25) is 0 Å². The van der Waals surface area contributed by atoms with Gasteiger partial charge in [-0.3, -0.25) is 9.88 Å². The molecular weight excluding hydrogens is 305 g/mol. The monoisotopic (exact) mass is 322 g/mol. The highest BCUT2D eigenvalue weighted by molar-refractivity contribution is 5.26. The van der Waals surface area contributed by atoms with Gasteiger partial charge in [0.1, 0.15) is 0 Å². The number of morpholine rings is 1. The van der Waals surface area contributed by atoms with Gasteiger partial charge in [-0.25, -0.2) is 0 Å². The molecule has 0 saturated carbocycles. The van der Waals surface area contributed by atoms with Crippen molar-refractivity contribution < 1.29 is 17.9 Å². The van der Waals surface area contributed by atoms with Gasteiger partial charge in [0.2, 0.25) is 0 Å². The van der Waals surface area contributed by atoms with Crippen LogP contribution in [0.5, 0.6) is 0 Å². The third-order valence-electron chi connectivity index (χ3n) is 3.92. The molecule has 0 bridgehead atoms. The predicted octanol–water partition coefficient (Wildman–Crippen LogP) is 3.67. The Bertz CT molecular complexity index is 629. The van der Waals surface area contributed by atoms with Crippen LogP contribution < -0.4 is 0 Å². The van der Waals surface area contributed by atoms with Gasteiger partial charge in [-0.2, -0.15) is 13.2 Å². The van der Waals surface area contributed by atoms with Crippen LogP contribution in [0, 0.1) is 0 Å². The Hall–Kier alpha value is -1.92. The first-order valence-corrected chi connectivity index (χ1v) is 7.42. The van der Waals surface area contributed by atoms with Crippen LogP contribution in [-0.2, 0) is 17.5 Å². The summed E-state index contributed by atoms with van der Waals surface area (Å²) in [7, 11) is 0. The lowest BCUT2D eigenvalue weighted by Crippen LogP contribution is -2.37. The molecule has 1 fully saturated rings. The molecule has 1 unspecified atom stereocenters. The van der Waals surface area contributed by atoms with Crippen LogP contribution in [-0.4, -0.2) is 29.6 Å². The number of nitrogens with zero attached hydrogens (tertiary/aromatic N) is 2. The molecule has 0 radical (unpaired) electrons. The minimum atomic E-state index is -4.31. The molecule has 1 aliphatic heterocycles. The average molecular weight is 322 g/mol. The molecule has 3 rings (SSSR count). The average Bonchev–Trinajstić information content (AvgIpc) is 2.55. The highest BCUT2D eigenvalue weighted by atomic mass is 19.4. The molecule has 23 heavy (non-hydrogen) atoms. The zero-order valence-electron chi connectivity index (χ0n) is 12.5. The van der Waals surface area contributed by atoms with Crippen molar-refractivity contribution >= 4 is 0 Å². The molecule has 0 spiro atoms. The van der Waals surface area contributed by atoms with E-state index in [0.29, 0.717) is 13.2 Å². The van der Waals surface area contributed by atoms with Gasteiger partial charge < -0.3 is 4.74 Å². The van der Waals surface area contributed by atoms with Crippen molar-refractivity contribution in [2.45, 2.75) is 18.8 Å². The highest BCUT2D eigenvalue weighted by Gasteiger charge is 2.30. The van der Waals surface area contributed by atoms with Gasteiger partial charge in [-0.15, -0.1) is 0 Å². The lowest BCUT2D eigenvalue weighted by molar-refractivity contribution is -0.137. The summed E-state index contributed by atoms with van der Waals surface area (Å²) in [6, 6.07) is 9.15. The van der Waals surface area contributed by atoms with Crippen LogP contribution in [0.15, 0.2) is 48.8 Å². The number of pyridine rings is 1. The number of alkyl halides is 3. The van der Waals surface area contributed by atoms with E-state index >= 15 is 0 Å². The maximum Gasteiger partial charge on any atom is 0.416 e. The van der Waals surface area contributed by atoms with E-state index in [2.05, 4.69) is 9.88 Å². The van der Waals surface area contributed by atoms with Gasteiger partial charge in [-0.05, 0) is 35.4 Å². The molecule has 1 atom stereocenters. The van der Waals surface area contributed by atoms with E-state index in [1.54, 1.807) is 12.4 Å². The summed E-state index contributed by atoms with van der Waals surface area (Å²) in [6.07, 6.45) is -1.00. The minimum Gasteiger partial charge on any atom is -0.371 e. The molecule has 6 heteroatoms. The summed E-state index contributed by atoms with van der Waals surface area (Å²) in [5, 5.41) is 0. The fourth-order valence-corrected chi connectivity index (χ4v) is 2.68. The molecule has 2 aromatic rings. The molecule has 2 heterocycles. The Morgan fingerprint density at radius 3 is 2.43 bits per heavy atom. The number of halogens is 3. The van der Waals surface area contributed by atoms with Gasteiger partial charge in [0.25, 0.3) is 0 Å². The van der Waals surface area contributed by atoms with Gasteiger partial charge in [0, 0.05) is 32.0 Å². The van der Waals surface area contributed by atoms with Gasteiger partial charge in [0.15, 0.2) is 0 Å². The minimum absolute atomic E-state index is 0.201. The van der Waals surface area contributed by atoms with E-state index in [1.165, 1.54) is 12.1 Å². The molecule has 1 aliphatic rings. The van der Waals surface area contributed by atoms with Crippen LogP contribution in [0.3, 0.4) is 0 Å². The lowest BCUT2D eigenvalue weighted by atomic mass is 10.0. The maximum absolute atomic E-state index is 12.6. The van der Waals surface area contributed by atoms with E-state index in [0.717, 1.165) is 36.3 Å². The standard InChI is InChI=1S/C17H17F3N2O/c18-17(19,20)15-3-1-14(2-4-15)16-12-22(9-10-23-16)11-13-5-7-21-8-6-13/h1-8,16H,9-12H2. The molecule has 0 aliphatic carbocycles. The second kappa shape index (κ2) is 6.68. The fraction of sp³-hybridized carbons (Fsp3) is 0.353. The zero-order valence-corrected chi connectivity index (χ0v) is 12.5. The summed E-state index contributed by atoms with van der Waals surface area (Å²) in [5.41, 5.74) is 1.30. The number of aromatic nitrogens is 1. The van der Waals surface area contributed by atoms with Gasteiger partial charge in [0.05, 0.1) is 18.3 Å². The van der Waals surface area contributed by atoms with Gasteiger partial charge >= 0.3 is 6.18 Å². The number of benzene rings is 1. The van der Waals surface area contributed by atoms with Crippen molar-refractivity contribution in [1.29, 1.82) is 0 Å². The normalized spacial score (nSPS) is 19.7. The molecule has 1 aromatic heterocycles. The van der Waals surface area contributed by atoms with Crippen LogP contribution in [0.4, 0.5) is 13.2 Å². The quantitative estimate of drug-likeness (QED) is 0.862. The Kier molecular flexibility index (Phi) is 4.63. The molecule has 0 N–H and O–H groups in total. The van der Waals surface area contributed by atoms with Crippen molar-refractivity contribution in [2.24, 2.45) is 0 Å². The first-order chi connectivity index (χ1) is 11.0. The summed E-state index contributed by atoms with van der Waals surface area (Å²) in [4.78, 5) is 6.23. The first-order valence-electron chi connectivity index (χ1n) is 7.42. The third-order valence-corrected chi connectivity index (χ3v) is 3.92. The van der Waals surface area contributed by atoms with Crippen molar-refractivity contribution in [3.05, 3.63) is 65.5 Å². The summed E-state index contributed by atoms with van der Waals surface area (Å²) in [5.74, 6) is 0. The largest absolute Gasteiger partial charge is 0.416 e. The Balaban J connectivity index is 1.66. The Morgan fingerprint density at radius 1 is 1.09 bits per heavy atom. The third kappa shape index (κ3) is 4.09. The molecular formula is C17H17F3N2O. The fourth-order valence-electron chi connectivity index (χ4n) is 2.68. The zero-order chi connectivity index (χ0) is 16.3. The Labute approximate surface area is 132 Å². The van der Waals surface area contributed by atoms with Crippen molar-refractivity contribution in [3.8, 4) is 0 Å². The van der Waals surface area contributed by atoms with Gasteiger partial charge in [-0.1, -0.05) is 12.1 Å². The number of hydrogen-bond donors (Lipinski definition) is 0. The highest BCUT2D eigenvalue weighted by Crippen LogP contribution is 2.31. The predicted molar refractivity (Wildman–Crippen MR) is 79.7 cm³/mol. The van der Waals surface area contributed by atoms with Crippen LogP contribution in [0.1, 0.15) is 22.8 Å². The first kappa shape index (κ1) is 16.0. The molecule has 122 valence electrons. The second-order valence-electron chi connectivity index (χ2n) is 5.57. The number of ether oxygens (including phenoxy) is 1. The molecule has 1 saturated heterocycles. The van der Waals surface area contributed by atoms with Crippen molar-refractivity contribution in [1.82, 2.24) is 9.88 Å². The Morgan fingerprint density at radius 2 is 1.78 bits per heavy atom. The van der Waals surface area contributed by atoms with E-state index in [-0.39, 0.29) is 6.10 Å². The van der Waals surface area contributed by atoms with E-state index in [4.69, 9.17) is 4.74 Å². The topological polar surface area (TPSA) is 25.4 Å². The number of rotatable bonds is 3. The number of hydrogen-bond acceptors (Lipinski definition) is 3.